The first-order valence-electron chi connectivity index (χ1n) is 40.5. The van der Waals surface area contributed by atoms with Crippen molar-refractivity contribution in [2.24, 2.45) is 0 Å². The fourth-order valence-corrected chi connectivity index (χ4v) is 12.3. The Labute approximate surface area is 626 Å². The van der Waals surface area contributed by atoms with Gasteiger partial charge in [-0.3, -0.25) is 32.5 Å². The van der Waals surface area contributed by atoms with E-state index in [1.54, 1.807) is 0 Å². The van der Waals surface area contributed by atoms with Crippen molar-refractivity contribution in [2.75, 3.05) is 39.6 Å². The highest BCUT2D eigenvalue weighted by Gasteiger charge is 2.29. The first-order valence-corrected chi connectivity index (χ1v) is 43.5. The molecule has 0 aliphatic rings. The number of hydrogen-bond donors (Lipinski definition) is 4. The van der Waals surface area contributed by atoms with Gasteiger partial charge in [0.15, 0.2) is 6.10 Å². The molecule has 0 heterocycles. The maximum absolute atomic E-state index is 13.0. The minimum absolute atomic E-state index is 0.0812. The van der Waals surface area contributed by atoms with E-state index in [-0.39, 0.29) is 19.3 Å². The smallest absolute Gasteiger partial charge is 0.463 e. The van der Waals surface area contributed by atoms with Crippen LogP contribution in [-0.4, -0.2) is 95.9 Å². The Morgan fingerprint density at radius 3 is 0.816 bits per heavy atom. The maximum atomic E-state index is 13.0. The zero-order valence-electron chi connectivity index (χ0n) is 64.7. The topological polar surface area (TPSA) is 231 Å². The number of aliphatic hydroxyl groups is 2. The van der Waals surface area contributed by atoms with E-state index in [1.807, 2.05) is 0 Å². The third-order valence-electron chi connectivity index (χ3n) is 16.8. The summed E-state index contributed by atoms with van der Waals surface area (Å²) in [4.78, 5) is 58.7. The van der Waals surface area contributed by atoms with Crippen LogP contribution in [0.4, 0.5) is 0 Å². The number of hydrogen-bond acceptors (Lipinski definition) is 14. The molecule has 0 fully saturated rings. The molecule has 0 aliphatic carbocycles. The van der Waals surface area contributed by atoms with Crippen molar-refractivity contribution in [1.82, 2.24) is 0 Å². The summed E-state index contributed by atoms with van der Waals surface area (Å²) in [6, 6.07) is 0. The van der Waals surface area contributed by atoms with Gasteiger partial charge in [-0.1, -0.05) is 302 Å². The van der Waals surface area contributed by atoms with Gasteiger partial charge >= 0.3 is 33.6 Å². The largest absolute Gasteiger partial charge is 0.472 e. The van der Waals surface area contributed by atoms with E-state index in [0.29, 0.717) is 19.3 Å². The number of phosphoric acid groups is 2. The van der Waals surface area contributed by atoms with Crippen molar-refractivity contribution in [3.8, 4) is 0 Å². The van der Waals surface area contributed by atoms with Crippen LogP contribution in [0.2, 0.25) is 0 Å². The SMILES string of the molecule is CC/C=C\C/C=C\C/C=C\C/C=C\C/C=C\CCCCCCCC(=O)OCC(COP(=O)(O)OCC(O)COP(=O)(O)OCC(O)COC(=O)CCCCCCCCCCCCCCCCC/C=C\C/C=C\C/C=C\C/C=C\CCCCC)OC(=O)CCCCCCC/C=C\C/C=C\CCCCC. The maximum Gasteiger partial charge on any atom is 0.472 e. The molecule has 0 spiro atoms. The molecule has 0 aromatic rings. The van der Waals surface area contributed by atoms with Gasteiger partial charge in [0, 0.05) is 19.3 Å². The zero-order valence-corrected chi connectivity index (χ0v) is 66.5. The van der Waals surface area contributed by atoms with Gasteiger partial charge in [0.1, 0.15) is 25.4 Å². The van der Waals surface area contributed by atoms with E-state index in [4.69, 9.17) is 32.3 Å². The van der Waals surface area contributed by atoms with E-state index in [2.05, 4.69) is 154 Å². The van der Waals surface area contributed by atoms with E-state index < -0.39 is 91.5 Å². The lowest BCUT2D eigenvalue weighted by molar-refractivity contribution is -0.161. The van der Waals surface area contributed by atoms with Crippen LogP contribution in [0.1, 0.15) is 329 Å². The van der Waals surface area contributed by atoms with Gasteiger partial charge in [-0.15, -0.1) is 0 Å². The van der Waals surface area contributed by atoms with E-state index in [1.165, 1.54) is 122 Å². The number of rotatable bonds is 76. The standard InChI is InChI=1S/C85H146O16P2/c1-4-7-10-13-16-19-22-25-28-30-32-34-35-36-37-38-39-40-41-42-43-45-47-48-51-53-56-59-62-65-68-71-83(88)95-74-80(86)75-97-102(91,92)98-76-81(87)77-99-103(93,94)100-79-82(101-85(90)73-70-67-64-61-58-55-50-27-24-21-18-15-12-9-6-3)78-96-84(89)72-69-66-63-60-57-54-52-49-46-44-33-31-29-26-23-20-17-14-11-8-5-2/h8,11,16-21,25-29,32-34,36-37,44,49-50,52,80-82,86-87H,4-7,9-10,12-15,22-24,30-31,35,38-43,45-48,51,53-79H2,1-3H3,(H,91,92)(H,93,94)/b11-8-,19-16-,20-17-,21-18-,28-25-,29-26-,34-32-,37-36-,44-33-,50-27-,52-49-. The molecule has 0 saturated carbocycles. The minimum atomic E-state index is -4.94. The van der Waals surface area contributed by atoms with Gasteiger partial charge in [-0.25, -0.2) is 9.13 Å². The predicted molar refractivity (Wildman–Crippen MR) is 426 cm³/mol. The number of allylic oxidation sites excluding steroid dienone is 22. The lowest BCUT2D eigenvalue weighted by atomic mass is 10.0. The molecular formula is C85H146O16P2. The normalized spacial score (nSPS) is 14.7. The Balaban J connectivity index is 4.51. The van der Waals surface area contributed by atoms with Crippen molar-refractivity contribution in [1.29, 1.82) is 0 Å². The van der Waals surface area contributed by atoms with E-state index in [0.717, 1.165) is 148 Å². The van der Waals surface area contributed by atoms with Crippen LogP contribution in [0.15, 0.2) is 134 Å². The monoisotopic (exact) mass is 1490 g/mol. The Morgan fingerprint density at radius 1 is 0.282 bits per heavy atom. The molecule has 0 rings (SSSR count). The number of ether oxygens (including phenoxy) is 3. The third kappa shape index (κ3) is 78.6. The van der Waals surface area contributed by atoms with Crippen molar-refractivity contribution in [3.05, 3.63) is 134 Å². The molecule has 0 bridgehead atoms. The molecule has 592 valence electrons. The van der Waals surface area contributed by atoms with Crippen LogP contribution < -0.4 is 0 Å². The molecule has 0 aliphatic heterocycles. The summed E-state index contributed by atoms with van der Waals surface area (Å²) in [7, 11) is -9.80. The number of carbonyl (C=O) groups is 3. The van der Waals surface area contributed by atoms with Crippen molar-refractivity contribution in [2.45, 2.75) is 347 Å². The summed E-state index contributed by atoms with van der Waals surface area (Å²) in [5.74, 6) is -1.61. The predicted octanol–water partition coefficient (Wildman–Crippen LogP) is 23.9. The Hall–Kier alpha value is -4.31. The second-order valence-corrected chi connectivity index (χ2v) is 29.7. The van der Waals surface area contributed by atoms with Crippen LogP contribution in [0, 0.1) is 0 Å². The average molecular weight is 1490 g/mol. The van der Waals surface area contributed by atoms with Crippen LogP contribution >= 0.6 is 15.6 Å². The number of aliphatic hydroxyl groups excluding tert-OH is 2. The minimum Gasteiger partial charge on any atom is -0.463 e. The third-order valence-corrected chi connectivity index (χ3v) is 18.7. The molecule has 0 aromatic carbocycles. The quantitative estimate of drug-likeness (QED) is 0.0146. The number of carbonyl (C=O) groups excluding carboxylic acids is 3. The summed E-state index contributed by atoms with van der Waals surface area (Å²) in [6.45, 7) is 2.49. The summed E-state index contributed by atoms with van der Waals surface area (Å²) < 4.78 is 61.1. The Morgan fingerprint density at radius 2 is 0.515 bits per heavy atom. The average Bonchev–Trinajstić information content (AvgIpc) is 0.924. The number of unbranched alkanes of at least 4 members (excludes halogenated alkanes) is 31. The van der Waals surface area contributed by atoms with Crippen molar-refractivity contribution < 1.29 is 75.8 Å². The van der Waals surface area contributed by atoms with Crippen LogP contribution in [0.25, 0.3) is 0 Å². The number of phosphoric ester groups is 2. The van der Waals surface area contributed by atoms with Crippen LogP contribution in [0.5, 0.6) is 0 Å². The fourth-order valence-electron chi connectivity index (χ4n) is 10.7. The van der Waals surface area contributed by atoms with Gasteiger partial charge in [-0.05, 0) is 141 Å². The highest BCUT2D eigenvalue weighted by molar-refractivity contribution is 7.47. The summed E-state index contributed by atoms with van der Waals surface area (Å²) in [5.41, 5.74) is 0. The Bertz CT molecular complexity index is 2410. The lowest BCUT2D eigenvalue weighted by Crippen LogP contribution is -2.30. The number of esters is 3. The molecule has 0 aromatic heterocycles. The van der Waals surface area contributed by atoms with E-state index in [9.17, 15) is 43.5 Å². The molecule has 16 nitrogen and oxygen atoms in total. The second kappa shape index (κ2) is 77.3. The molecule has 4 N–H and O–H groups in total. The highest BCUT2D eigenvalue weighted by Crippen LogP contribution is 2.45. The van der Waals surface area contributed by atoms with Gasteiger partial charge < -0.3 is 34.2 Å². The first kappa shape index (κ1) is 98.7. The summed E-state index contributed by atoms with van der Waals surface area (Å²) in [6.07, 6.45) is 93.6. The van der Waals surface area contributed by atoms with Crippen LogP contribution in [-0.2, 0) is 55.8 Å². The van der Waals surface area contributed by atoms with Gasteiger partial charge in [0.25, 0.3) is 0 Å². The first-order chi connectivity index (χ1) is 50.2. The lowest BCUT2D eigenvalue weighted by Gasteiger charge is -2.21. The molecule has 0 radical (unpaired) electrons. The molecule has 0 amide bonds. The summed E-state index contributed by atoms with van der Waals surface area (Å²) in [5, 5.41) is 20.6. The molecular weight excluding hydrogens is 1340 g/mol. The molecule has 103 heavy (non-hydrogen) atoms. The molecule has 5 unspecified atom stereocenters. The summed E-state index contributed by atoms with van der Waals surface area (Å²) >= 11 is 0. The Kier molecular flexibility index (Phi) is 74.1. The molecule has 0 saturated heterocycles. The highest BCUT2D eigenvalue weighted by atomic mass is 31.2. The van der Waals surface area contributed by atoms with Gasteiger partial charge in [0.2, 0.25) is 0 Å². The van der Waals surface area contributed by atoms with E-state index >= 15 is 0 Å². The van der Waals surface area contributed by atoms with Gasteiger partial charge in [0.05, 0.1) is 26.4 Å². The second-order valence-electron chi connectivity index (χ2n) is 26.8. The molecule has 5 atom stereocenters. The van der Waals surface area contributed by atoms with Gasteiger partial charge in [-0.2, -0.15) is 0 Å². The van der Waals surface area contributed by atoms with Crippen molar-refractivity contribution >= 4 is 33.6 Å². The van der Waals surface area contributed by atoms with Crippen LogP contribution in [0.3, 0.4) is 0 Å². The fraction of sp³-hybridized carbons (Fsp3) is 0.706. The van der Waals surface area contributed by atoms with Crippen molar-refractivity contribution in [3.63, 3.8) is 0 Å². The molecule has 18 heteroatoms. The zero-order chi connectivity index (χ0) is 75.2.